The Balaban J connectivity index is 1.53. The van der Waals surface area contributed by atoms with E-state index in [1.54, 1.807) is 18.6 Å². The van der Waals surface area contributed by atoms with Crippen LogP contribution in [0.2, 0.25) is 0 Å². The normalized spacial score (nSPS) is 15.4. The summed E-state index contributed by atoms with van der Waals surface area (Å²) in [7, 11) is -3.59. The summed E-state index contributed by atoms with van der Waals surface area (Å²) in [4.78, 5) is 6.80. The van der Waals surface area contributed by atoms with Crippen molar-refractivity contribution in [2.45, 2.75) is 36.9 Å². The molecular weight excluding hydrogens is 292 g/mol. The zero-order chi connectivity index (χ0) is 14.7. The lowest BCUT2D eigenvalue weighted by Gasteiger charge is -2.03. The molecule has 0 aromatic carbocycles. The van der Waals surface area contributed by atoms with Crippen LogP contribution in [0, 0.1) is 0 Å². The number of H-pyrrole nitrogens is 1. The fourth-order valence-electron chi connectivity index (χ4n) is 1.94. The van der Waals surface area contributed by atoms with Crippen LogP contribution in [0.3, 0.4) is 0 Å². The first-order valence-electron chi connectivity index (χ1n) is 6.92. The zero-order valence-corrected chi connectivity index (χ0v) is 12.3. The summed E-state index contributed by atoms with van der Waals surface area (Å²) in [6, 6.07) is 3.74. The zero-order valence-electron chi connectivity index (χ0n) is 11.5. The number of hydrogen-bond acceptors (Lipinski definition) is 5. The molecule has 0 aliphatic heterocycles. The van der Waals surface area contributed by atoms with Crippen molar-refractivity contribution < 1.29 is 12.8 Å². The van der Waals surface area contributed by atoms with Gasteiger partial charge in [-0.05, 0) is 25.0 Å². The highest BCUT2D eigenvalue weighted by Gasteiger charge is 2.22. The van der Waals surface area contributed by atoms with Gasteiger partial charge < -0.3 is 14.7 Å². The lowest BCUT2D eigenvalue weighted by atomic mass is 10.3. The molecule has 3 rings (SSSR count). The number of aromatic nitrogens is 2. The highest BCUT2D eigenvalue weighted by Crippen LogP contribution is 2.20. The van der Waals surface area contributed by atoms with Crippen molar-refractivity contribution in [3.8, 4) is 0 Å². The maximum atomic E-state index is 12.1. The molecule has 7 nitrogen and oxygen atoms in total. The first kappa shape index (κ1) is 14.3. The van der Waals surface area contributed by atoms with Crippen molar-refractivity contribution in [1.29, 1.82) is 0 Å². The van der Waals surface area contributed by atoms with Gasteiger partial charge in [-0.1, -0.05) is 0 Å². The third-order valence-electron chi connectivity index (χ3n) is 3.29. The predicted octanol–water partition coefficient (Wildman–Crippen LogP) is 0.776. The van der Waals surface area contributed by atoms with E-state index in [0.717, 1.165) is 5.69 Å². The summed E-state index contributed by atoms with van der Waals surface area (Å²) in [6.45, 7) is 0.856. The number of sulfonamides is 1. The van der Waals surface area contributed by atoms with Crippen LogP contribution in [0.1, 0.15) is 24.3 Å². The minimum Gasteiger partial charge on any atom is -0.447 e. The number of furan rings is 1. The average molecular weight is 310 g/mol. The maximum Gasteiger partial charge on any atom is 0.273 e. The fourth-order valence-corrected chi connectivity index (χ4v) is 2.92. The molecule has 1 fully saturated rings. The van der Waals surface area contributed by atoms with Gasteiger partial charge in [-0.2, -0.15) is 0 Å². The second-order valence-corrected chi connectivity index (χ2v) is 6.80. The number of imidazole rings is 1. The van der Waals surface area contributed by atoms with Crippen LogP contribution in [-0.2, 0) is 23.0 Å². The molecule has 0 bridgehead atoms. The minimum absolute atomic E-state index is 0.0419. The van der Waals surface area contributed by atoms with Gasteiger partial charge in [0.25, 0.3) is 10.0 Å². The number of hydrogen-bond donors (Lipinski definition) is 3. The Labute approximate surface area is 123 Å². The molecule has 114 valence electrons. The molecule has 0 amide bonds. The van der Waals surface area contributed by atoms with Crippen molar-refractivity contribution in [1.82, 2.24) is 20.0 Å². The molecule has 0 atom stereocenters. The molecule has 3 N–H and O–H groups in total. The Kier molecular flexibility index (Phi) is 4.09. The van der Waals surface area contributed by atoms with E-state index in [9.17, 15) is 8.42 Å². The van der Waals surface area contributed by atoms with E-state index >= 15 is 0 Å². The van der Waals surface area contributed by atoms with Gasteiger partial charge in [0.15, 0.2) is 0 Å². The van der Waals surface area contributed by atoms with Crippen LogP contribution >= 0.6 is 0 Å². The van der Waals surface area contributed by atoms with Crippen LogP contribution < -0.4 is 10.0 Å². The van der Waals surface area contributed by atoms with Gasteiger partial charge in [0, 0.05) is 30.9 Å². The Morgan fingerprint density at radius 2 is 2.24 bits per heavy atom. The molecular formula is C13H18N4O3S. The number of nitrogens with zero attached hydrogens (tertiary/aromatic N) is 1. The van der Waals surface area contributed by atoms with Gasteiger partial charge >= 0.3 is 0 Å². The van der Waals surface area contributed by atoms with Crippen LogP contribution in [-0.4, -0.2) is 31.0 Å². The molecule has 0 spiro atoms. The van der Waals surface area contributed by atoms with E-state index in [2.05, 4.69) is 20.0 Å². The summed E-state index contributed by atoms with van der Waals surface area (Å²) in [5, 5.41) is 3.24. The van der Waals surface area contributed by atoms with Crippen molar-refractivity contribution in [3.05, 3.63) is 36.1 Å². The topological polar surface area (TPSA) is 100 Å². The first-order chi connectivity index (χ1) is 10.1. The Morgan fingerprint density at radius 3 is 2.95 bits per heavy atom. The number of aromatic amines is 1. The van der Waals surface area contributed by atoms with E-state index in [1.807, 2.05) is 0 Å². The van der Waals surface area contributed by atoms with Crippen LogP contribution in [0.25, 0.3) is 0 Å². The van der Waals surface area contributed by atoms with E-state index in [1.165, 1.54) is 18.9 Å². The number of nitrogens with one attached hydrogen (secondary N) is 3. The minimum atomic E-state index is -3.59. The van der Waals surface area contributed by atoms with Crippen molar-refractivity contribution in [3.63, 3.8) is 0 Å². The van der Waals surface area contributed by atoms with Crippen molar-refractivity contribution in [2.24, 2.45) is 0 Å². The highest BCUT2D eigenvalue weighted by atomic mass is 32.2. The lowest BCUT2D eigenvalue weighted by molar-refractivity contribution is 0.399. The smallest absolute Gasteiger partial charge is 0.273 e. The molecule has 1 saturated carbocycles. The predicted molar refractivity (Wildman–Crippen MR) is 76.0 cm³/mol. The fraction of sp³-hybridized carbons (Fsp3) is 0.462. The third-order valence-corrected chi connectivity index (χ3v) is 4.62. The molecule has 1 aliphatic carbocycles. The van der Waals surface area contributed by atoms with Crippen LogP contribution in [0.5, 0.6) is 0 Å². The van der Waals surface area contributed by atoms with E-state index in [4.69, 9.17) is 4.42 Å². The largest absolute Gasteiger partial charge is 0.447 e. The Bertz CT molecular complexity index is 674. The van der Waals surface area contributed by atoms with Gasteiger partial charge in [0.2, 0.25) is 5.09 Å². The average Bonchev–Trinajstić information content (AvgIpc) is 2.93. The molecule has 21 heavy (non-hydrogen) atoms. The molecule has 0 saturated heterocycles. The monoisotopic (exact) mass is 310 g/mol. The molecule has 2 heterocycles. The van der Waals surface area contributed by atoms with Crippen molar-refractivity contribution >= 4 is 10.0 Å². The van der Waals surface area contributed by atoms with E-state index < -0.39 is 10.0 Å². The Morgan fingerprint density at radius 1 is 1.38 bits per heavy atom. The van der Waals surface area contributed by atoms with Crippen LogP contribution in [0.15, 0.2) is 34.2 Å². The molecule has 2 aromatic rings. The second kappa shape index (κ2) is 6.00. The highest BCUT2D eigenvalue weighted by molar-refractivity contribution is 7.89. The summed E-state index contributed by atoms with van der Waals surface area (Å²) in [6.07, 6.45) is 6.15. The SMILES string of the molecule is O=S(=O)(NCCc1cnc[nH]1)c1ccc(CNC2CC2)o1. The van der Waals surface area contributed by atoms with Crippen LogP contribution in [0.4, 0.5) is 0 Å². The maximum absolute atomic E-state index is 12.1. The Hall–Kier alpha value is -1.64. The summed E-state index contributed by atoms with van der Waals surface area (Å²) in [5.74, 6) is 0.635. The third kappa shape index (κ3) is 3.93. The van der Waals surface area contributed by atoms with Gasteiger partial charge in [0.1, 0.15) is 5.76 Å². The van der Waals surface area contributed by atoms with Gasteiger partial charge in [-0.25, -0.2) is 18.1 Å². The molecule has 1 aliphatic rings. The standard InChI is InChI=1S/C13H18N4O3S/c18-21(19,17-6-5-11-7-14-9-16-11)13-4-3-12(20-13)8-15-10-1-2-10/h3-4,7,9-10,15,17H,1-2,5-6,8H2,(H,14,16). The number of rotatable bonds is 8. The van der Waals surface area contributed by atoms with Gasteiger partial charge in [0.05, 0.1) is 12.9 Å². The summed E-state index contributed by atoms with van der Waals surface area (Å²) in [5.41, 5.74) is 0.881. The van der Waals surface area contributed by atoms with E-state index in [-0.39, 0.29) is 5.09 Å². The summed E-state index contributed by atoms with van der Waals surface area (Å²) < 4.78 is 32.0. The molecule has 0 unspecified atom stereocenters. The molecule has 8 heteroatoms. The van der Waals surface area contributed by atoms with Gasteiger partial charge in [-0.15, -0.1) is 0 Å². The first-order valence-corrected chi connectivity index (χ1v) is 8.41. The van der Waals surface area contributed by atoms with E-state index in [0.29, 0.717) is 31.3 Å². The molecule has 0 radical (unpaired) electrons. The van der Waals surface area contributed by atoms with Crippen molar-refractivity contribution in [2.75, 3.05) is 6.54 Å². The lowest BCUT2D eigenvalue weighted by Crippen LogP contribution is -2.25. The van der Waals surface area contributed by atoms with Gasteiger partial charge in [-0.3, -0.25) is 0 Å². The summed E-state index contributed by atoms with van der Waals surface area (Å²) >= 11 is 0. The second-order valence-electron chi connectivity index (χ2n) is 5.10. The molecule has 2 aromatic heterocycles. The quantitative estimate of drug-likeness (QED) is 0.669.